The number of carbonyl (C=O) groups is 1. The molecule has 3 N–H and O–H groups in total. The largest absolute Gasteiger partial charge is 0.377 e. The molecule has 0 heterocycles. The van der Waals surface area contributed by atoms with Crippen molar-refractivity contribution in [3.63, 3.8) is 0 Å². The van der Waals surface area contributed by atoms with Crippen molar-refractivity contribution in [2.24, 2.45) is 11.7 Å². The van der Waals surface area contributed by atoms with Crippen molar-refractivity contribution >= 4 is 30.7 Å². The fourth-order valence-corrected chi connectivity index (χ4v) is 1.50. The van der Waals surface area contributed by atoms with Gasteiger partial charge in [0.1, 0.15) is 0 Å². The van der Waals surface area contributed by atoms with Gasteiger partial charge >= 0.3 is 0 Å². The molecule has 0 spiro atoms. The highest BCUT2D eigenvalue weighted by atomic mass is 35.5. The first-order chi connectivity index (χ1) is 8.38. The zero-order valence-corrected chi connectivity index (χ0v) is 14.9. The van der Waals surface area contributed by atoms with Gasteiger partial charge in [0.2, 0.25) is 5.91 Å². The molecule has 20 heavy (non-hydrogen) atoms. The summed E-state index contributed by atoms with van der Waals surface area (Å²) in [5.41, 5.74) is 5.70. The second kappa shape index (κ2) is 13.9. The quantitative estimate of drug-likeness (QED) is 0.668. The molecule has 0 aromatic rings. The van der Waals surface area contributed by atoms with Gasteiger partial charge in [0, 0.05) is 31.7 Å². The SMILES string of the molecule is CCOC(CCN(C)C)CNC(=O)C(C)C(C)N.Cl.Cl. The highest BCUT2D eigenvalue weighted by Gasteiger charge is 2.18. The van der Waals surface area contributed by atoms with Crippen LogP contribution in [-0.4, -0.2) is 56.7 Å². The van der Waals surface area contributed by atoms with Crippen LogP contribution in [0.1, 0.15) is 27.2 Å². The van der Waals surface area contributed by atoms with Crippen molar-refractivity contribution in [3.05, 3.63) is 0 Å². The summed E-state index contributed by atoms with van der Waals surface area (Å²) in [6.45, 7) is 7.82. The molecule has 3 unspecified atom stereocenters. The first-order valence-electron chi connectivity index (χ1n) is 6.68. The van der Waals surface area contributed by atoms with Crippen molar-refractivity contribution in [3.8, 4) is 0 Å². The Hall–Kier alpha value is -0.0700. The maximum absolute atomic E-state index is 11.8. The number of amides is 1. The molecule has 0 saturated carbocycles. The number of halogens is 2. The zero-order chi connectivity index (χ0) is 14.1. The molecule has 5 nitrogen and oxygen atoms in total. The molecule has 1 amide bonds. The van der Waals surface area contributed by atoms with Crippen LogP contribution in [0, 0.1) is 5.92 Å². The third-order valence-corrected chi connectivity index (χ3v) is 3.01. The third-order valence-electron chi connectivity index (χ3n) is 3.01. The van der Waals surface area contributed by atoms with E-state index in [0.717, 1.165) is 13.0 Å². The lowest BCUT2D eigenvalue weighted by atomic mass is 10.0. The lowest BCUT2D eigenvalue weighted by Crippen LogP contribution is -2.42. The highest BCUT2D eigenvalue weighted by Crippen LogP contribution is 2.02. The summed E-state index contributed by atoms with van der Waals surface area (Å²) in [4.78, 5) is 13.9. The van der Waals surface area contributed by atoms with Gasteiger partial charge in [-0.2, -0.15) is 0 Å². The molecular weight excluding hydrogens is 301 g/mol. The van der Waals surface area contributed by atoms with Crippen molar-refractivity contribution in [1.29, 1.82) is 0 Å². The Bertz CT molecular complexity index is 242. The molecule has 0 aliphatic heterocycles. The molecule has 124 valence electrons. The Morgan fingerprint density at radius 3 is 2.25 bits per heavy atom. The molecule has 0 aliphatic carbocycles. The van der Waals surface area contributed by atoms with Gasteiger partial charge in [-0.3, -0.25) is 4.79 Å². The maximum atomic E-state index is 11.8. The van der Waals surface area contributed by atoms with E-state index in [1.54, 1.807) is 0 Å². The Morgan fingerprint density at radius 2 is 1.85 bits per heavy atom. The van der Waals surface area contributed by atoms with Crippen LogP contribution in [0.15, 0.2) is 0 Å². The van der Waals surface area contributed by atoms with Crippen molar-refractivity contribution in [2.75, 3.05) is 33.8 Å². The minimum absolute atomic E-state index is 0. The van der Waals surface area contributed by atoms with Gasteiger partial charge in [0.05, 0.1) is 6.10 Å². The van der Waals surface area contributed by atoms with Gasteiger partial charge < -0.3 is 20.7 Å². The first kappa shape index (κ1) is 24.9. The van der Waals surface area contributed by atoms with Crippen LogP contribution >= 0.6 is 24.8 Å². The second-order valence-electron chi connectivity index (χ2n) is 5.06. The molecule has 0 aromatic carbocycles. The van der Waals surface area contributed by atoms with Gasteiger partial charge in [-0.1, -0.05) is 6.92 Å². The maximum Gasteiger partial charge on any atom is 0.224 e. The number of nitrogens with two attached hydrogens (primary N) is 1. The average Bonchev–Trinajstić information content (AvgIpc) is 2.30. The zero-order valence-electron chi connectivity index (χ0n) is 13.2. The number of nitrogens with one attached hydrogen (secondary N) is 1. The molecular formula is C13H31Cl2N3O2. The molecule has 0 rings (SSSR count). The molecule has 7 heteroatoms. The molecule has 0 aliphatic rings. The van der Waals surface area contributed by atoms with Crippen molar-refractivity contribution < 1.29 is 9.53 Å². The lowest BCUT2D eigenvalue weighted by Gasteiger charge is -2.21. The smallest absolute Gasteiger partial charge is 0.224 e. The van der Waals surface area contributed by atoms with Crippen LogP contribution < -0.4 is 11.1 Å². The fourth-order valence-electron chi connectivity index (χ4n) is 1.50. The summed E-state index contributed by atoms with van der Waals surface area (Å²) in [5, 5.41) is 2.91. The van der Waals surface area contributed by atoms with E-state index in [1.807, 2.05) is 34.9 Å². The van der Waals surface area contributed by atoms with E-state index in [1.165, 1.54) is 0 Å². The highest BCUT2D eigenvalue weighted by molar-refractivity contribution is 5.85. The first-order valence-corrected chi connectivity index (χ1v) is 6.68. The summed E-state index contributed by atoms with van der Waals surface area (Å²) >= 11 is 0. The van der Waals surface area contributed by atoms with Gasteiger partial charge in [-0.25, -0.2) is 0 Å². The molecule has 0 saturated heterocycles. The summed E-state index contributed by atoms with van der Waals surface area (Å²) in [6, 6.07) is -0.127. The van der Waals surface area contributed by atoms with Gasteiger partial charge in [0.25, 0.3) is 0 Å². The van der Waals surface area contributed by atoms with Crippen molar-refractivity contribution in [1.82, 2.24) is 10.2 Å². The Morgan fingerprint density at radius 1 is 1.30 bits per heavy atom. The van der Waals surface area contributed by atoms with E-state index in [0.29, 0.717) is 13.2 Å². The van der Waals surface area contributed by atoms with Crippen LogP contribution in [-0.2, 0) is 9.53 Å². The Kier molecular flexibility index (Phi) is 17.3. The number of hydrogen-bond donors (Lipinski definition) is 2. The number of carbonyl (C=O) groups excluding carboxylic acids is 1. The van der Waals surface area contributed by atoms with E-state index in [4.69, 9.17) is 10.5 Å². The minimum atomic E-state index is -0.166. The van der Waals surface area contributed by atoms with Gasteiger partial charge in [-0.05, 0) is 34.4 Å². The van der Waals surface area contributed by atoms with E-state index >= 15 is 0 Å². The van der Waals surface area contributed by atoms with E-state index in [9.17, 15) is 4.79 Å². The molecule has 0 bridgehead atoms. The summed E-state index contributed by atoms with van der Waals surface area (Å²) in [5.74, 6) is -0.166. The molecule has 0 fully saturated rings. The molecule has 0 aromatic heterocycles. The number of ether oxygens (including phenoxy) is 1. The van der Waals surface area contributed by atoms with Crippen LogP contribution in [0.3, 0.4) is 0 Å². The van der Waals surface area contributed by atoms with E-state index in [-0.39, 0.29) is 48.8 Å². The average molecular weight is 332 g/mol. The predicted molar refractivity (Wildman–Crippen MR) is 88.9 cm³/mol. The summed E-state index contributed by atoms with van der Waals surface area (Å²) in [7, 11) is 4.06. The second-order valence-corrected chi connectivity index (χ2v) is 5.06. The normalized spacial score (nSPS) is 14.8. The van der Waals surface area contributed by atoms with Crippen LogP contribution in [0.2, 0.25) is 0 Å². The van der Waals surface area contributed by atoms with Crippen LogP contribution in [0.4, 0.5) is 0 Å². The fraction of sp³-hybridized carbons (Fsp3) is 0.923. The number of hydrogen-bond acceptors (Lipinski definition) is 4. The Balaban J connectivity index is -0.00000144. The lowest BCUT2D eigenvalue weighted by molar-refractivity contribution is -0.125. The standard InChI is InChI=1S/C13H29N3O2.2ClH/c1-6-18-12(7-8-16(4)5)9-15-13(17)10(2)11(3)14;;/h10-12H,6-9,14H2,1-5H3,(H,15,17);2*1H. The minimum Gasteiger partial charge on any atom is -0.377 e. The Labute approximate surface area is 135 Å². The number of rotatable bonds is 9. The predicted octanol–water partition coefficient (Wildman–Crippen LogP) is 1.29. The van der Waals surface area contributed by atoms with Gasteiger partial charge in [-0.15, -0.1) is 24.8 Å². The molecule has 3 atom stereocenters. The van der Waals surface area contributed by atoms with Crippen LogP contribution in [0.5, 0.6) is 0 Å². The van der Waals surface area contributed by atoms with E-state index in [2.05, 4.69) is 10.2 Å². The summed E-state index contributed by atoms with van der Waals surface area (Å²) < 4.78 is 5.61. The molecule has 0 radical (unpaired) electrons. The third kappa shape index (κ3) is 11.7. The summed E-state index contributed by atoms with van der Waals surface area (Å²) in [6.07, 6.45) is 0.981. The monoisotopic (exact) mass is 331 g/mol. The number of nitrogens with zero attached hydrogens (tertiary/aromatic N) is 1. The van der Waals surface area contributed by atoms with Gasteiger partial charge in [0.15, 0.2) is 0 Å². The van der Waals surface area contributed by atoms with E-state index < -0.39 is 0 Å². The topological polar surface area (TPSA) is 67.6 Å². The van der Waals surface area contributed by atoms with Crippen molar-refractivity contribution in [2.45, 2.75) is 39.3 Å². The van der Waals surface area contributed by atoms with Crippen LogP contribution in [0.25, 0.3) is 0 Å².